The van der Waals surface area contributed by atoms with Crippen molar-refractivity contribution in [3.8, 4) is 0 Å². The number of aryl methyl sites for hydroxylation is 2. The third-order valence-electron chi connectivity index (χ3n) is 3.33. The van der Waals surface area contributed by atoms with Gasteiger partial charge in [-0.2, -0.15) is 0 Å². The van der Waals surface area contributed by atoms with E-state index < -0.39 is 0 Å². The van der Waals surface area contributed by atoms with Crippen molar-refractivity contribution < 1.29 is 14.4 Å². The average Bonchev–Trinajstić information content (AvgIpc) is 2.52. The molecule has 0 unspecified atom stereocenters. The zero-order chi connectivity index (χ0) is 17.2. The van der Waals surface area contributed by atoms with Crippen LogP contribution in [-0.4, -0.2) is 11.4 Å². The van der Waals surface area contributed by atoms with Gasteiger partial charge in [-0.1, -0.05) is 36.4 Å². The van der Waals surface area contributed by atoms with Gasteiger partial charge in [0.25, 0.3) is 0 Å². The van der Waals surface area contributed by atoms with Crippen molar-refractivity contribution in [3.05, 3.63) is 59.7 Å². The normalized spacial score (nSPS) is 11.9. The SMILES string of the molecule is CC(=Nc1ccccc1C)C(C)=Nc1ccccc1C.[CH3][Ni][CH3]. The summed E-state index contributed by atoms with van der Waals surface area (Å²) in [5, 5.41) is 0. The van der Waals surface area contributed by atoms with Crippen LogP contribution in [0.1, 0.15) is 25.0 Å². The van der Waals surface area contributed by atoms with Crippen LogP contribution in [0.2, 0.25) is 11.8 Å². The number of benzene rings is 2. The molecule has 2 rings (SSSR count). The van der Waals surface area contributed by atoms with E-state index in [1.54, 1.807) is 14.4 Å². The molecule has 0 amide bonds. The van der Waals surface area contributed by atoms with Crippen LogP contribution in [-0.2, 0) is 14.4 Å². The van der Waals surface area contributed by atoms with Crippen LogP contribution in [0.5, 0.6) is 0 Å². The molecule has 0 aliphatic rings. The summed E-state index contributed by atoms with van der Waals surface area (Å²) in [4.78, 5) is 9.34. The Morgan fingerprint density at radius 1 is 0.696 bits per heavy atom. The molecule has 0 aliphatic carbocycles. The van der Waals surface area contributed by atoms with Crippen LogP contribution in [0.4, 0.5) is 11.4 Å². The summed E-state index contributed by atoms with van der Waals surface area (Å²) in [6, 6.07) is 16.3. The van der Waals surface area contributed by atoms with E-state index in [0.717, 1.165) is 22.8 Å². The summed E-state index contributed by atoms with van der Waals surface area (Å²) in [6.45, 7) is 8.15. The fourth-order valence-corrected chi connectivity index (χ4v) is 1.90. The topological polar surface area (TPSA) is 24.7 Å². The second-order valence-electron chi connectivity index (χ2n) is 5.28. The molecule has 0 saturated heterocycles. The Labute approximate surface area is 146 Å². The van der Waals surface area contributed by atoms with Crippen LogP contribution in [0, 0.1) is 13.8 Å². The van der Waals surface area contributed by atoms with Crippen LogP contribution < -0.4 is 0 Å². The second-order valence-corrected chi connectivity index (χ2v) is 6.27. The van der Waals surface area contributed by atoms with E-state index >= 15 is 0 Å². The number of nitrogens with zero attached hydrogens (tertiary/aromatic N) is 2. The molecular formula is C20H26N2Ni. The predicted molar refractivity (Wildman–Crippen MR) is 99.6 cm³/mol. The van der Waals surface area contributed by atoms with Crippen molar-refractivity contribution in [1.82, 2.24) is 0 Å². The first-order chi connectivity index (χ1) is 11.0. The molecule has 126 valence electrons. The molecule has 2 aromatic rings. The van der Waals surface area contributed by atoms with Gasteiger partial charge in [-0.3, -0.25) is 9.98 Å². The molecule has 3 heteroatoms. The number of para-hydroxylation sites is 2. The summed E-state index contributed by atoms with van der Waals surface area (Å²) in [5.41, 5.74) is 6.25. The van der Waals surface area contributed by atoms with E-state index in [1.807, 2.05) is 50.2 Å². The second kappa shape index (κ2) is 10.1. The molecule has 2 aromatic carbocycles. The molecule has 0 radical (unpaired) electrons. The minimum absolute atomic E-state index is 0.947. The average molecular weight is 353 g/mol. The Morgan fingerprint density at radius 2 is 1.00 bits per heavy atom. The third-order valence-corrected chi connectivity index (χ3v) is 3.33. The van der Waals surface area contributed by atoms with Gasteiger partial charge in [-0.05, 0) is 51.0 Å². The summed E-state index contributed by atoms with van der Waals surface area (Å²) in [7, 11) is 0. The first-order valence-corrected chi connectivity index (χ1v) is 9.41. The fraction of sp³-hybridized carbons (Fsp3) is 0.300. The fourth-order valence-electron chi connectivity index (χ4n) is 1.90. The van der Waals surface area contributed by atoms with Gasteiger partial charge >= 0.3 is 26.2 Å². The van der Waals surface area contributed by atoms with Gasteiger partial charge in [-0.15, -0.1) is 0 Å². The monoisotopic (exact) mass is 352 g/mol. The van der Waals surface area contributed by atoms with Crippen LogP contribution in [0.15, 0.2) is 58.5 Å². The van der Waals surface area contributed by atoms with Crippen molar-refractivity contribution in [2.75, 3.05) is 0 Å². The van der Waals surface area contributed by atoms with Crippen molar-refractivity contribution >= 4 is 22.8 Å². The van der Waals surface area contributed by atoms with Crippen molar-refractivity contribution in [1.29, 1.82) is 0 Å². The number of hydrogen-bond acceptors (Lipinski definition) is 2. The molecule has 0 fully saturated rings. The Balaban J connectivity index is 0.000000816. The molecule has 2 nitrogen and oxygen atoms in total. The molecule has 0 spiro atoms. The first-order valence-electron chi connectivity index (χ1n) is 7.43. The summed E-state index contributed by atoms with van der Waals surface area (Å²) in [6.07, 6.45) is 0. The van der Waals surface area contributed by atoms with E-state index in [9.17, 15) is 0 Å². The van der Waals surface area contributed by atoms with Crippen LogP contribution >= 0.6 is 0 Å². The van der Waals surface area contributed by atoms with E-state index in [-0.39, 0.29) is 0 Å². The van der Waals surface area contributed by atoms with E-state index in [0.29, 0.717) is 0 Å². The molecule has 0 saturated carbocycles. The molecule has 0 atom stereocenters. The minimum atomic E-state index is 0.947. The molecule has 0 N–H and O–H groups in total. The van der Waals surface area contributed by atoms with Gasteiger partial charge in [0.2, 0.25) is 0 Å². The standard InChI is InChI=1S/C18H20N2.2CH3.Ni/c1-13-9-5-7-11-17(13)19-15(3)16(4)20-18-12-8-6-10-14(18)2;;;/h5-12H,1-4H3;2*1H3;. The van der Waals surface area contributed by atoms with Gasteiger partial charge in [0, 0.05) is 0 Å². The van der Waals surface area contributed by atoms with Crippen LogP contribution in [0.3, 0.4) is 0 Å². The molecule has 0 aromatic heterocycles. The maximum absolute atomic E-state index is 4.67. The van der Waals surface area contributed by atoms with E-state index in [1.165, 1.54) is 11.1 Å². The summed E-state index contributed by atoms with van der Waals surface area (Å²) < 4.78 is 0. The Morgan fingerprint density at radius 3 is 1.30 bits per heavy atom. The van der Waals surface area contributed by atoms with Gasteiger partial charge < -0.3 is 0 Å². The zero-order valence-electron chi connectivity index (χ0n) is 14.8. The van der Waals surface area contributed by atoms with Crippen molar-refractivity contribution in [2.45, 2.75) is 39.5 Å². The molecule has 0 heterocycles. The van der Waals surface area contributed by atoms with Crippen molar-refractivity contribution in [3.63, 3.8) is 0 Å². The van der Waals surface area contributed by atoms with Crippen LogP contribution in [0.25, 0.3) is 0 Å². The van der Waals surface area contributed by atoms with Gasteiger partial charge in [0.1, 0.15) is 0 Å². The quantitative estimate of drug-likeness (QED) is 0.454. The zero-order valence-corrected chi connectivity index (χ0v) is 15.8. The Hall–Kier alpha value is -1.73. The molecule has 0 aliphatic heterocycles. The predicted octanol–water partition coefficient (Wildman–Crippen LogP) is 6.35. The van der Waals surface area contributed by atoms with Gasteiger partial charge in [-0.25, -0.2) is 0 Å². The number of hydrogen-bond donors (Lipinski definition) is 0. The third kappa shape index (κ3) is 6.50. The Kier molecular flexibility index (Phi) is 8.50. The molecular weight excluding hydrogens is 327 g/mol. The molecule has 0 bridgehead atoms. The van der Waals surface area contributed by atoms with Gasteiger partial charge in [0.05, 0.1) is 22.8 Å². The van der Waals surface area contributed by atoms with Crippen molar-refractivity contribution in [2.24, 2.45) is 9.98 Å². The Bertz CT molecular complexity index is 628. The number of aliphatic imine (C=N–C) groups is 2. The molecule has 23 heavy (non-hydrogen) atoms. The number of rotatable bonds is 3. The van der Waals surface area contributed by atoms with E-state index in [2.05, 4.69) is 47.8 Å². The maximum atomic E-state index is 4.67. The van der Waals surface area contributed by atoms with Gasteiger partial charge in [0.15, 0.2) is 0 Å². The first kappa shape index (κ1) is 19.3. The summed E-state index contributed by atoms with van der Waals surface area (Å²) in [5.74, 6) is 4.12. The van der Waals surface area contributed by atoms with E-state index in [4.69, 9.17) is 0 Å². The summed E-state index contributed by atoms with van der Waals surface area (Å²) >= 11 is 1.62.